The molecule has 0 heterocycles. The van der Waals surface area contributed by atoms with Gasteiger partial charge < -0.3 is 0 Å². The molecule has 1 nitrogen and oxygen atoms in total. The molecule has 0 aliphatic heterocycles. The van der Waals surface area contributed by atoms with E-state index in [1.54, 1.807) is 12.1 Å². The Morgan fingerprint density at radius 3 is 1.65 bits per heavy atom. The second kappa shape index (κ2) is 5.90. The topological polar surface area (TPSA) is 17.1 Å². The summed E-state index contributed by atoms with van der Waals surface area (Å²) >= 11 is 0. The van der Waals surface area contributed by atoms with Crippen molar-refractivity contribution in [3.05, 3.63) is 70.8 Å². The summed E-state index contributed by atoms with van der Waals surface area (Å²) in [6, 6.07) is 12.4. The Kier molecular flexibility index (Phi) is 4.23. The van der Waals surface area contributed by atoms with E-state index in [0.717, 1.165) is 36.0 Å². The molecule has 0 aliphatic rings. The minimum Gasteiger partial charge on any atom is -0.298 e. The quantitative estimate of drug-likeness (QED) is 0.762. The van der Waals surface area contributed by atoms with Crippen LogP contribution in [0.3, 0.4) is 0 Å². The van der Waals surface area contributed by atoms with E-state index in [0.29, 0.717) is 12.0 Å². The van der Waals surface area contributed by atoms with Crippen molar-refractivity contribution in [3.8, 4) is 0 Å². The van der Waals surface area contributed by atoms with Crippen molar-refractivity contribution in [1.82, 2.24) is 0 Å². The van der Waals surface area contributed by atoms with Crippen molar-refractivity contribution in [2.24, 2.45) is 0 Å². The van der Waals surface area contributed by atoms with Gasteiger partial charge in [-0.05, 0) is 36.1 Å². The summed E-state index contributed by atoms with van der Waals surface area (Å²) in [5.74, 6) is 0. The lowest BCUT2D eigenvalue weighted by atomic mass is 10.0. The van der Waals surface area contributed by atoms with Crippen molar-refractivity contribution in [1.29, 1.82) is 0 Å². The largest absolute Gasteiger partial charge is 0.416 e. The molecule has 0 bridgehead atoms. The Labute approximate surface area is 115 Å². The number of alkyl halides is 3. The van der Waals surface area contributed by atoms with Gasteiger partial charge in [0.15, 0.2) is 0 Å². The maximum Gasteiger partial charge on any atom is 0.416 e. The fraction of sp³-hybridized carbons (Fsp3) is 0.188. The average molecular weight is 278 g/mol. The molecule has 0 N–H and O–H groups in total. The number of rotatable bonds is 4. The molecule has 2 rings (SSSR count). The molecule has 0 radical (unpaired) electrons. The zero-order valence-corrected chi connectivity index (χ0v) is 10.7. The highest BCUT2D eigenvalue weighted by molar-refractivity contribution is 5.74. The van der Waals surface area contributed by atoms with Crippen molar-refractivity contribution < 1.29 is 18.0 Å². The second-order valence-electron chi connectivity index (χ2n) is 4.55. The molecule has 0 amide bonds. The molecular formula is C16H13F3O. The van der Waals surface area contributed by atoms with E-state index >= 15 is 0 Å². The summed E-state index contributed by atoms with van der Waals surface area (Å²) in [5.41, 5.74) is 1.90. The molecule has 0 saturated carbocycles. The summed E-state index contributed by atoms with van der Waals surface area (Å²) < 4.78 is 37.2. The highest BCUT2D eigenvalue weighted by Gasteiger charge is 2.29. The van der Waals surface area contributed by atoms with Gasteiger partial charge in [0.25, 0.3) is 0 Å². The first-order valence-corrected chi connectivity index (χ1v) is 6.19. The van der Waals surface area contributed by atoms with Gasteiger partial charge in [0, 0.05) is 5.56 Å². The Bertz CT molecular complexity index is 568. The first-order chi connectivity index (χ1) is 9.49. The number of carbonyl (C=O) groups is 1. The van der Waals surface area contributed by atoms with E-state index in [1.807, 2.05) is 12.1 Å². The summed E-state index contributed by atoms with van der Waals surface area (Å²) in [4.78, 5) is 10.5. The lowest BCUT2D eigenvalue weighted by Gasteiger charge is -2.07. The van der Waals surface area contributed by atoms with E-state index in [4.69, 9.17) is 0 Å². The maximum absolute atomic E-state index is 12.4. The number of halogens is 3. The van der Waals surface area contributed by atoms with Crippen LogP contribution in [-0.2, 0) is 19.0 Å². The molecule has 0 aromatic heterocycles. The monoisotopic (exact) mass is 278 g/mol. The molecule has 0 spiro atoms. The van der Waals surface area contributed by atoms with Gasteiger partial charge in [-0.25, -0.2) is 0 Å². The molecular weight excluding hydrogens is 265 g/mol. The minimum atomic E-state index is -4.29. The zero-order valence-electron chi connectivity index (χ0n) is 10.7. The van der Waals surface area contributed by atoms with Gasteiger partial charge in [-0.2, -0.15) is 13.2 Å². The van der Waals surface area contributed by atoms with Crippen LogP contribution in [-0.4, -0.2) is 6.29 Å². The molecule has 4 heteroatoms. The first kappa shape index (κ1) is 14.3. The van der Waals surface area contributed by atoms with Crippen LogP contribution < -0.4 is 0 Å². The standard InChI is InChI=1S/C16H13F3O/c17-16(18,19)15-9-7-13(8-10-15)2-1-12-3-5-14(11-20)6-4-12/h3-11H,1-2H2. The van der Waals surface area contributed by atoms with Gasteiger partial charge in [0.2, 0.25) is 0 Å². The van der Waals surface area contributed by atoms with E-state index in [2.05, 4.69) is 0 Å². The van der Waals surface area contributed by atoms with Gasteiger partial charge in [-0.1, -0.05) is 36.4 Å². The highest BCUT2D eigenvalue weighted by Crippen LogP contribution is 2.29. The molecule has 0 atom stereocenters. The lowest BCUT2D eigenvalue weighted by Crippen LogP contribution is -2.04. The van der Waals surface area contributed by atoms with E-state index in [-0.39, 0.29) is 0 Å². The average Bonchev–Trinajstić information content (AvgIpc) is 2.45. The van der Waals surface area contributed by atoms with Crippen LogP contribution in [0.4, 0.5) is 13.2 Å². The molecule has 104 valence electrons. The lowest BCUT2D eigenvalue weighted by molar-refractivity contribution is -0.137. The third-order valence-electron chi connectivity index (χ3n) is 3.10. The number of benzene rings is 2. The van der Waals surface area contributed by atoms with Gasteiger partial charge in [0.05, 0.1) is 5.56 Å². The summed E-state index contributed by atoms with van der Waals surface area (Å²) in [7, 11) is 0. The van der Waals surface area contributed by atoms with Crippen LogP contribution in [0.15, 0.2) is 48.5 Å². The van der Waals surface area contributed by atoms with Crippen molar-refractivity contribution in [3.63, 3.8) is 0 Å². The Hall–Kier alpha value is -2.10. The predicted molar refractivity (Wildman–Crippen MR) is 70.7 cm³/mol. The predicted octanol–water partition coefficient (Wildman–Crippen LogP) is 4.30. The first-order valence-electron chi connectivity index (χ1n) is 6.19. The Morgan fingerprint density at radius 1 is 0.800 bits per heavy atom. The molecule has 2 aromatic rings. The van der Waals surface area contributed by atoms with E-state index < -0.39 is 11.7 Å². The maximum atomic E-state index is 12.4. The van der Waals surface area contributed by atoms with Crippen LogP contribution in [0.25, 0.3) is 0 Å². The van der Waals surface area contributed by atoms with Crippen molar-refractivity contribution in [2.75, 3.05) is 0 Å². The minimum absolute atomic E-state index is 0.614. The van der Waals surface area contributed by atoms with Crippen LogP contribution in [0, 0.1) is 0 Å². The van der Waals surface area contributed by atoms with Crippen LogP contribution in [0.2, 0.25) is 0 Å². The van der Waals surface area contributed by atoms with Gasteiger partial charge >= 0.3 is 6.18 Å². The summed E-state index contributed by atoms with van der Waals surface area (Å²) in [6.07, 6.45) is -2.12. The SMILES string of the molecule is O=Cc1ccc(CCc2ccc(C(F)(F)F)cc2)cc1. The van der Waals surface area contributed by atoms with Crippen LogP contribution in [0.1, 0.15) is 27.0 Å². The number of aldehydes is 1. The smallest absolute Gasteiger partial charge is 0.298 e. The van der Waals surface area contributed by atoms with E-state index in [9.17, 15) is 18.0 Å². The van der Waals surface area contributed by atoms with Crippen LogP contribution in [0.5, 0.6) is 0 Å². The van der Waals surface area contributed by atoms with E-state index in [1.165, 1.54) is 12.1 Å². The third-order valence-corrected chi connectivity index (χ3v) is 3.10. The van der Waals surface area contributed by atoms with Gasteiger partial charge in [-0.15, -0.1) is 0 Å². The molecule has 20 heavy (non-hydrogen) atoms. The third kappa shape index (κ3) is 3.70. The van der Waals surface area contributed by atoms with Gasteiger partial charge in [0.1, 0.15) is 6.29 Å². The van der Waals surface area contributed by atoms with Crippen molar-refractivity contribution in [2.45, 2.75) is 19.0 Å². The number of aryl methyl sites for hydroxylation is 2. The summed E-state index contributed by atoms with van der Waals surface area (Å²) in [5, 5.41) is 0. The van der Waals surface area contributed by atoms with Gasteiger partial charge in [-0.3, -0.25) is 4.79 Å². The van der Waals surface area contributed by atoms with Crippen LogP contribution >= 0.6 is 0 Å². The molecule has 0 fully saturated rings. The number of hydrogen-bond acceptors (Lipinski definition) is 1. The summed E-state index contributed by atoms with van der Waals surface area (Å²) in [6.45, 7) is 0. The molecule has 2 aromatic carbocycles. The highest BCUT2D eigenvalue weighted by atomic mass is 19.4. The Morgan fingerprint density at radius 2 is 1.25 bits per heavy atom. The fourth-order valence-electron chi connectivity index (χ4n) is 1.91. The molecule has 0 unspecified atom stereocenters. The molecule has 0 aliphatic carbocycles. The zero-order chi connectivity index (χ0) is 14.6. The fourth-order valence-corrected chi connectivity index (χ4v) is 1.91. The number of hydrogen-bond donors (Lipinski definition) is 0. The second-order valence-corrected chi connectivity index (χ2v) is 4.55. The number of carbonyl (C=O) groups excluding carboxylic acids is 1. The normalized spacial score (nSPS) is 11.3. The van der Waals surface area contributed by atoms with Crippen molar-refractivity contribution >= 4 is 6.29 Å². The Balaban J connectivity index is 1.98. The molecule has 0 saturated heterocycles.